The maximum atomic E-state index is 12.8. The molecule has 0 saturated heterocycles. The summed E-state index contributed by atoms with van der Waals surface area (Å²) < 4.78 is 21.6. The van der Waals surface area contributed by atoms with Gasteiger partial charge in [0.15, 0.2) is 5.78 Å². The average Bonchev–Trinajstić information content (AvgIpc) is 2.93. The highest BCUT2D eigenvalue weighted by Gasteiger charge is 2.27. The average molecular weight is 418 g/mol. The minimum atomic E-state index is -3.62. The Hall–Kier alpha value is -1.78. The van der Waals surface area contributed by atoms with E-state index in [0.717, 1.165) is 11.3 Å². The Labute approximate surface area is 164 Å². The van der Waals surface area contributed by atoms with Crippen LogP contribution in [0.25, 0.3) is 0 Å². The number of nitrogens with one attached hydrogen (secondary N) is 1. The molecule has 3 N–H and O–H groups in total. The number of thiophene rings is 1. The highest BCUT2D eigenvalue weighted by molar-refractivity contribution is 7.92. The molecule has 0 aliphatic heterocycles. The van der Waals surface area contributed by atoms with Crippen LogP contribution in [-0.4, -0.2) is 33.6 Å². The molecule has 1 rings (SSSR count). The summed E-state index contributed by atoms with van der Waals surface area (Å²) in [6, 6.07) is 0.378. The normalized spacial score (nSPS) is 15.0. The number of carbonyl (C=O) groups excluding carboxylic acids is 3. The predicted molar refractivity (Wildman–Crippen MR) is 105 cm³/mol. The number of alkyl carbamates (subject to hydrolysis) is 1. The number of amides is 2. The van der Waals surface area contributed by atoms with Crippen molar-refractivity contribution in [3.05, 3.63) is 16.3 Å². The van der Waals surface area contributed by atoms with Crippen LogP contribution in [0.4, 0.5) is 4.79 Å². The van der Waals surface area contributed by atoms with Crippen LogP contribution in [0.5, 0.6) is 0 Å². The molecule has 27 heavy (non-hydrogen) atoms. The summed E-state index contributed by atoms with van der Waals surface area (Å²) >= 11 is 1.08. The number of nitrogens with zero attached hydrogens (tertiary/aromatic N) is 1. The Balaban J connectivity index is 3.15. The van der Waals surface area contributed by atoms with Crippen LogP contribution in [0.1, 0.15) is 57.6 Å². The van der Waals surface area contributed by atoms with Gasteiger partial charge in [0.2, 0.25) is 0 Å². The first-order valence-electron chi connectivity index (χ1n) is 8.39. The van der Waals surface area contributed by atoms with Crippen molar-refractivity contribution >= 4 is 39.0 Å². The van der Waals surface area contributed by atoms with Gasteiger partial charge >= 0.3 is 6.09 Å². The first-order valence-corrected chi connectivity index (χ1v) is 10.9. The van der Waals surface area contributed by atoms with Gasteiger partial charge < -0.3 is 10.1 Å². The largest absolute Gasteiger partial charge is 0.444 e. The minimum Gasteiger partial charge on any atom is -0.444 e. The quantitative estimate of drug-likeness (QED) is 0.687. The van der Waals surface area contributed by atoms with Gasteiger partial charge in [-0.2, -0.15) is 0 Å². The number of carbonyl (C=O) groups is 3. The summed E-state index contributed by atoms with van der Waals surface area (Å²) in [7, 11) is -3.62. The predicted octanol–water partition coefficient (Wildman–Crippen LogP) is 3.12. The van der Waals surface area contributed by atoms with Gasteiger partial charge in [-0.15, -0.1) is 15.7 Å². The van der Waals surface area contributed by atoms with Crippen molar-refractivity contribution in [3.8, 4) is 0 Å². The Morgan fingerprint density at radius 2 is 1.93 bits per heavy atom. The second-order valence-electron chi connectivity index (χ2n) is 7.50. The third-order valence-electron chi connectivity index (χ3n) is 3.19. The molecule has 0 bridgehead atoms. The van der Waals surface area contributed by atoms with E-state index in [1.165, 1.54) is 13.0 Å². The molecule has 0 aromatic carbocycles. The molecular formula is C17H27N3O5S2. The molecule has 1 unspecified atom stereocenters. The number of ether oxygens (including phenoxy) is 1. The maximum absolute atomic E-state index is 12.8. The van der Waals surface area contributed by atoms with E-state index in [4.69, 9.17) is 9.88 Å². The molecular weight excluding hydrogens is 390 g/mol. The summed E-state index contributed by atoms with van der Waals surface area (Å²) in [5.74, 6) is -1.10. The van der Waals surface area contributed by atoms with Crippen molar-refractivity contribution in [2.45, 2.75) is 64.5 Å². The van der Waals surface area contributed by atoms with E-state index in [1.807, 2.05) is 13.8 Å². The number of Topliss-reactive ketones (excluding diaryl/α,β-unsaturated/α-hetero) is 1. The standard InChI is InChI=1S/C17H27N3O5S2/c1-10(2)9-12(19-16(23)25-17(4,5)6)15(22)20-27(18,24)13-7-8-26-14(13)11(3)21/h7-8,10,12H,9H2,1-6H3,(H,19,23)(H2,18,20,22,24)/t12-,27?/m0/s1. The highest BCUT2D eigenvalue weighted by atomic mass is 32.2. The minimum absolute atomic E-state index is 0.0221. The first kappa shape index (κ1) is 23.3. The topological polar surface area (TPSA) is 128 Å². The van der Waals surface area contributed by atoms with Crippen LogP contribution in [0.3, 0.4) is 0 Å². The fraction of sp³-hybridized carbons (Fsp3) is 0.588. The van der Waals surface area contributed by atoms with E-state index < -0.39 is 33.6 Å². The molecule has 0 aliphatic carbocycles. The highest BCUT2D eigenvalue weighted by Crippen LogP contribution is 2.23. The van der Waals surface area contributed by atoms with Crippen molar-refractivity contribution in [3.63, 3.8) is 0 Å². The summed E-state index contributed by atoms with van der Waals surface area (Å²) in [6.45, 7) is 10.1. The molecule has 0 aliphatic rings. The monoisotopic (exact) mass is 417 g/mol. The zero-order valence-corrected chi connectivity index (χ0v) is 18.0. The molecule has 152 valence electrons. The summed E-state index contributed by atoms with van der Waals surface area (Å²) in [5.41, 5.74) is -0.735. The van der Waals surface area contributed by atoms with Crippen LogP contribution < -0.4 is 10.5 Å². The number of nitrogens with two attached hydrogens (primary N) is 1. The van der Waals surface area contributed by atoms with Crippen LogP contribution in [0.2, 0.25) is 0 Å². The second kappa shape index (κ2) is 8.94. The van der Waals surface area contributed by atoms with Gasteiger partial charge in [-0.25, -0.2) is 14.1 Å². The summed E-state index contributed by atoms with van der Waals surface area (Å²) in [5, 5.41) is 9.79. The van der Waals surface area contributed by atoms with Gasteiger partial charge in [0.25, 0.3) is 5.91 Å². The molecule has 1 aromatic heterocycles. The number of hydrogen-bond donors (Lipinski definition) is 2. The van der Waals surface area contributed by atoms with Crippen molar-refractivity contribution in [2.75, 3.05) is 0 Å². The first-order chi connectivity index (χ1) is 12.2. The van der Waals surface area contributed by atoms with Gasteiger partial charge in [-0.3, -0.25) is 9.59 Å². The molecule has 1 aromatic rings. The molecule has 1 heterocycles. The number of ketones is 1. The van der Waals surface area contributed by atoms with Gasteiger partial charge in [0.05, 0.1) is 9.77 Å². The lowest BCUT2D eigenvalue weighted by Gasteiger charge is -2.23. The number of rotatable bonds is 6. The van der Waals surface area contributed by atoms with E-state index in [9.17, 15) is 18.6 Å². The molecule has 2 amide bonds. The lowest BCUT2D eigenvalue weighted by atomic mass is 10.0. The van der Waals surface area contributed by atoms with Crippen molar-refractivity contribution in [2.24, 2.45) is 15.4 Å². The zero-order valence-electron chi connectivity index (χ0n) is 16.4. The summed E-state index contributed by atoms with van der Waals surface area (Å²) in [4.78, 5) is 36.5. The lowest BCUT2D eigenvalue weighted by Crippen LogP contribution is -2.44. The molecule has 0 spiro atoms. The van der Waals surface area contributed by atoms with Crippen LogP contribution in [0, 0.1) is 5.92 Å². The van der Waals surface area contributed by atoms with E-state index in [2.05, 4.69) is 9.68 Å². The van der Waals surface area contributed by atoms with Crippen molar-refractivity contribution in [1.82, 2.24) is 5.32 Å². The smallest absolute Gasteiger partial charge is 0.408 e. The Morgan fingerprint density at radius 1 is 1.33 bits per heavy atom. The van der Waals surface area contributed by atoms with E-state index in [0.29, 0.717) is 0 Å². The Bertz CT molecular complexity index is 830. The molecule has 0 saturated carbocycles. The van der Waals surface area contributed by atoms with Crippen LogP contribution >= 0.6 is 11.3 Å². The fourth-order valence-electron chi connectivity index (χ4n) is 2.17. The molecule has 0 radical (unpaired) electrons. The van der Waals surface area contributed by atoms with E-state index in [1.54, 1.807) is 26.2 Å². The molecule has 10 heteroatoms. The van der Waals surface area contributed by atoms with Gasteiger partial charge in [0.1, 0.15) is 21.6 Å². The second-order valence-corrected chi connectivity index (χ2v) is 10.2. The molecule has 2 atom stereocenters. The van der Waals surface area contributed by atoms with Crippen LogP contribution in [0.15, 0.2) is 20.7 Å². The van der Waals surface area contributed by atoms with Gasteiger partial charge in [-0.05, 0) is 51.5 Å². The zero-order chi connectivity index (χ0) is 21.0. The van der Waals surface area contributed by atoms with Crippen LogP contribution in [-0.2, 0) is 19.4 Å². The molecule has 0 fully saturated rings. The van der Waals surface area contributed by atoms with E-state index >= 15 is 0 Å². The lowest BCUT2D eigenvalue weighted by molar-refractivity contribution is -0.120. The van der Waals surface area contributed by atoms with Gasteiger partial charge in [0, 0.05) is 0 Å². The van der Waals surface area contributed by atoms with Crippen molar-refractivity contribution < 1.29 is 23.3 Å². The van der Waals surface area contributed by atoms with E-state index in [-0.39, 0.29) is 27.9 Å². The third-order valence-corrected chi connectivity index (χ3v) is 5.75. The third kappa shape index (κ3) is 7.39. The maximum Gasteiger partial charge on any atom is 0.408 e. The SMILES string of the molecule is CC(=O)c1sccc1S(N)(=O)=NC(=O)[C@H](CC(C)C)NC(=O)OC(C)(C)C. The van der Waals surface area contributed by atoms with Gasteiger partial charge in [-0.1, -0.05) is 13.8 Å². The summed E-state index contributed by atoms with van der Waals surface area (Å²) in [6.07, 6.45) is -0.513. The Morgan fingerprint density at radius 3 is 2.41 bits per heavy atom. The Kier molecular flexibility index (Phi) is 7.70. The fourth-order valence-corrected chi connectivity index (χ4v) is 4.62. The number of hydrogen-bond acceptors (Lipinski definition) is 6. The molecule has 8 nitrogen and oxygen atoms in total. The van der Waals surface area contributed by atoms with Crippen molar-refractivity contribution in [1.29, 1.82) is 0 Å².